The average molecular weight is 1120 g/mol. The van der Waals surface area contributed by atoms with Gasteiger partial charge in [-0.25, -0.2) is 0 Å². The zero-order valence-electron chi connectivity index (χ0n) is 50.2. The number of aliphatic hydroxyl groups excluding tert-OH is 8. The summed E-state index contributed by atoms with van der Waals surface area (Å²) < 4.78 is 22.9. The zero-order chi connectivity index (χ0) is 56.7. The first-order valence-electron chi connectivity index (χ1n) is 33.3. The van der Waals surface area contributed by atoms with Gasteiger partial charge in [-0.05, 0) is 12.8 Å². The number of unbranched alkanes of at least 4 members (excludes halogenated alkanes) is 42. The van der Waals surface area contributed by atoms with Crippen LogP contribution in [0.25, 0.3) is 0 Å². The van der Waals surface area contributed by atoms with E-state index in [0.717, 1.165) is 51.4 Å². The van der Waals surface area contributed by atoms with E-state index in [2.05, 4.69) is 19.2 Å². The molecule has 0 radical (unpaired) electrons. The van der Waals surface area contributed by atoms with Gasteiger partial charge in [0.05, 0.1) is 32.0 Å². The van der Waals surface area contributed by atoms with Gasteiger partial charge in [-0.2, -0.15) is 0 Å². The van der Waals surface area contributed by atoms with E-state index < -0.39 is 86.8 Å². The van der Waals surface area contributed by atoms with Crippen LogP contribution in [-0.4, -0.2) is 140 Å². The molecule has 12 atom stereocenters. The first-order valence-corrected chi connectivity index (χ1v) is 33.3. The predicted octanol–water partition coefficient (Wildman–Crippen LogP) is 12.5. The maximum Gasteiger partial charge on any atom is 0.220 e. The molecular weight excluding hydrogens is 991 g/mol. The van der Waals surface area contributed by atoms with Crippen LogP contribution in [-0.2, 0) is 23.7 Å². The summed E-state index contributed by atoms with van der Waals surface area (Å²) in [5, 5.41) is 87.3. The van der Waals surface area contributed by atoms with E-state index in [0.29, 0.717) is 12.8 Å². The minimum Gasteiger partial charge on any atom is -0.394 e. The van der Waals surface area contributed by atoms with E-state index in [9.17, 15) is 45.6 Å². The Morgan fingerprint density at radius 1 is 0.410 bits per heavy atom. The van der Waals surface area contributed by atoms with Crippen LogP contribution >= 0.6 is 0 Å². The van der Waals surface area contributed by atoms with Crippen LogP contribution in [0, 0.1) is 0 Å². The highest BCUT2D eigenvalue weighted by atomic mass is 16.7. The second kappa shape index (κ2) is 50.5. The molecule has 0 aromatic heterocycles. The van der Waals surface area contributed by atoms with Gasteiger partial charge in [-0.15, -0.1) is 0 Å². The summed E-state index contributed by atoms with van der Waals surface area (Å²) >= 11 is 0. The van der Waals surface area contributed by atoms with Crippen molar-refractivity contribution in [3.8, 4) is 0 Å². The molecule has 12 unspecified atom stereocenters. The van der Waals surface area contributed by atoms with E-state index >= 15 is 0 Å². The van der Waals surface area contributed by atoms with E-state index in [1.807, 2.05) is 0 Å². The highest BCUT2D eigenvalue weighted by Gasteiger charge is 2.51. The monoisotopic (exact) mass is 1120 g/mol. The van der Waals surface area contributed by atoms with Crippen molar-refractivity contribution in [2.75, 3.05) is 19.8 Å². The second-order valence-corrected chi connectivity index (χ2v) is 24.0. The molecular formula is C64H125NO13. The summed E-state index contributed by atoms with van der Waals surface area (Å²) in [6.07, 6.45) is 41.3. The zero-order valence-corrected chi connectivity index (χ0v) is 50.2. The van der Waals surface area contributed by atoms with Crippen molar-refractivity contribution >= 4 is 5.91 Å². The second-order valence-electron chi connectivity index (χ2n) is 24.0. The van der Waals surface area contributed by atoms with Gasteiger partial charge >= 0.3 is 0 Å². The fourth-order valence-electron chi connectivity index (χ4n) is 11.5. The number of ether oxygens (including phenoxy) is 4. The van der Waals surface area contributed by atoms with Crippen LogP contribution in [0.2, 0.25) is 0 Å². The SMILES string of the molecule is CCCCCCCCCCCCCCCCCCCCCCCCCCCCCCCCCC(O)C(COC1OC(CO)C(OC2OC(CO)C(O)C(O)C2O)C(O)C1O)NC(=O)CCCCCCCCCCCCCCC. The Bertz CT molecular complexity index is 1310. The topological polar surface area (TPSA) is 228 Å². The number of nitrogens with one attached hydrogen (secondary N) is 1. The molecule has 2 saturated heterocycles. The Kier molecular flexibility index (Phi) is 47.3. The number of carbonyl (C=O) groups is 1. The van der Waals surface area contributed by atoms with Gasteiger partial charge in [0.25, 0.3) is 0 Å². The molecule has 2 aliphatic heterocycles. The lowest BCUT2D eigenvalue weighted by molar-refractivity contribution is -0.359. The third kappa shape index (κ3) is 35.2. The van der Waals surface area contributed by atoms with Gasteiger partial charge in [-0.1, -0.05) is 290 Å². The summed E-state index contributed by atoms with van der Waals surface area (Å²) in [6.45, 7) is 2.90. The van der Waals surface area contributed by atoms with E-state index in [1.165, 1.54) is 231 Å². The molecule has 14 nitrogen and oxygen atoms in total. The van der Waals surface area contributed by atoms with Crippen molar-refractivity contribution < 1.29 is 64.6 Å². The molecule has 2 rings (SSSR count). The molecule has 0 bridgehead atoms. The van der Waals surface area contributed by atoms with E-state index in [1.54, 1.807) is 0 Å². The standard InChI is InChI=1S/C64H125NO13/c1-3-5-7-9-11-13-15-17-18-19-20-21-22-23-24-25-26-27-28-29-30-31-32-33-34-36-37-39-41-43-45-47-53(68)52(65-56(69)48-46-44-42-40-38-35-16-14-12-10-8-6-4-2)51-75-63-61(74)59(72)62(55(50-67)77-63)78-64-60(73)58(71)57(70)54(49-66)76-64/h52-55,57-64,66-68,70-74H,3-51H2,1-2H3,(H,65,69). The van der Waals surface area contributed by atoms with Gasteiger partial charge in [0, 0.05) is 6.42 Å². The lowest BCUT2D eigenvalue weighted by Crippen LogP contribution is -2.65. The average Bonchev–Trinajstić information content (AvgIpc) is 3.47. The van der Waals surface area contributed by atoms with Crippen molar-refractivity contribution in [3.05, 3.63) is 0 Å². The number of carbonyl (C=O) groups excluding carboxylic acids is 1. The van der Waals surface area contributed by atoms with Crippen LogP contribution in [0.4, 0.5) is 0 Å². The minimum atomic E-state index is -1.78. The fraction of sp³-hybridized carbons (Fsp3) is 0.984. The molecule has 2 fully saturated rings. The maximum absolute atomic E-state index is 13.3. The molecule has 0 aliphatic carbocycles. The van der Waals surface area contributed by atoms with Gasteiger partial charge in [-0.3, -0.25) is 4.79 Å². The van der Waals surface area contributed by atoms with Crippen molar-refractivity contribution in [1.29, 1.82) is 0 Å². The van der Waals surface area contributed by atoms with Gasteiger partial charge < -0.3 is 65.1 Å². The third-order valence-electron chi connectivity index (χ3n) is 16.8. The number of aliphatic hydroxyl groups is 8. The largest absolute Gasteiger partial charge is 0.394 e. The predicted molar refractivity (Wildman–Crippen MR) is 314 cm³/mol. The first-order chi connectivity index (χ1) is 38.1. The molecule has 0 spiro atoms. The normalized spacial score (nSPS) is 24.4. The van der Waals surface area contributed by atoms with E-state index in [-0.39, 0.29) is 12.5 Å². The number of hydrogen-bond acceptors (Lipinski definition) is 13. The van der Waals surface area contributed by atoms with Crippen LogP contribution in [0.1, 0.15) is 309 Å². The third-order valence-corrected chi connectivity index (χ3v) is 16.8. The van der Waals surface area contributed by atoms with Crippen LogP contribution in [0.15, 0.2) is 0 Å². The summed E-state index contributed by atoms with van der Waals surface area (Å²) in [5.74, 6) is -0.201. The molecule has 464 valence electrons. The lowest BCUT2D eigenvalue weighted by Gasteiger charge is -2.46. The molecule has 2 aliphatic rings. The first kappa shape index (κ1) is 73.1. The van der Waals surface area contributed by atoms with Gasteiger partial charge in [0.1, 0.15) is 48.8 Å². The summed E-state index contributed by atoms with van der Waals surface area (Å²) in [6, 6.07) is -0.823. The number of amides is 1. The van der Waals surface area contributed by atoms with E-state index in [4.69, 9.17) is 18.9 Å². The van der Waals surface area contributed by atoms with Crippen molar-refractivity contribution in [2.45, 2.75) is 383 Å². The van der Waals surface area contributed by atoms with Crippen LogP contribution < -0.4 is 5.32 Å². The summed E-state index contributed by atoms with van der Waals surface area (Å²) in [5.41, 5.74) is 0. The quantitative estimate of drug-likeness (QED) is 0.0259. The molecule has 0 saturated carbocycles. The Morgan fingerprint density at radius 2 is 0.731 bits per heavy atom. The highest BCUT2D eigenvalue weighted by molar-refractivity contribution is 5.76. The van der Waals surface area contributed by atoms with Crippen molar-refractivity contribution in [1.82, 2.24) is 5.32 Å². The smallest absolute Gasteiger partial charge is 0.220 e. The number of hydrogen-bond donors (Lipinski definition) is 9. The van der Waals surface area contributed by atoms with Gasteiger partial charge in [0.2, 0.25) is 5.91 Å². The Hall–Kier alpha value is -1.01. The Morgan fingerprint density at radius 3 is 1.09 bits per heavy atom. The molecule has 0 aromatic rings. The molecule has 14 heteroatoms. The molecule has 0 aromatic carbocycles. The minimum absolute atomic E-state index is 0.201. The summed E-state index contributed by atoms with van der Waals surface area (Å²) in [7, 11) is 0. The molecule has 1 amide bonds. The Labute approximate surface area is 476 Å². The number of rotatable bonds is 55. The van der Waals surface area contributed by atoms with Gasteiger partial charge in [0.15, 0.2) is 12.6 Å². The van der Waals surface area contributed by atoms with Crippen LogP contribution in [0.3, 0.4) is 0 Å². The van der Waals surface area contributed by atoms with Crippen molar-refractivity contribution in [2.24, 2.45) is 0 Å². The summed E-state index contributed by atoms with van der Waals surface area (Å²) in [4.78, 5) is 13.3. The fourth-order valence-corrected chi connectivity index (χ4v) is 11.5. The molecule has 9 N–H and O–H groups in total. The van der Waals surface area contributed by atoms with Crippen molar-refractivity contribution in [3.63, 3.8) is 0 Å². The Balaban J connectivity index is 1.63. The maximum atomic E-state index is 13.3. The highest BCUT2D eigenvalue weighted by Crippen LogP contribution is 2.30. The lowest BCUT2D eigenvalue weighted by atomic mass is 9.97. The van der Waals surface area contributed by atoms with Crippen LogP contribution in [0.5, 0.6) is 0 Å². The molecule has 78 heavy (non-hydrogen) atoms. The molecule has 2 heterocycles.